The summed E-state index contributed by atoms with van der Waals surface area (Å²) in [5, 5.41) is 7.46. The number of nitrogen functional groups attached to an aromatic ring is 1. The number of hydrogen-bond donors (Lipinski definition) is 2. The number of anilines is 1. The Hall–Kier alpha value is -3.09. The molecule has 3 N–H and O–H groups in total. The van der Waals surface area contributed by atoms with Gasteiger partial charge in [-0.2, -0.15) is 0 Å². The Morgan fingerprint density at radius 2 is 2.11 bits per heavy atom. The number of carbonyl (C=O) groups excluding carboxylic acids is 1. The summed E-state index contributed by atoms with van der Waals surface area (Å²) in [6.45, 7) is 3.64. The average molecular weight is 368 g/mol. The van der Waals surface area contributed by atoms with Crippen LogP contribution in [0.2, 0.25) is 0 Å². The number of pyridine rings is 1. The molecule has 3 rings (SSSR count). The van der Waals surface area contributed by atoms with Crippen LogP contribution in [0.15, 0.2) is 42.6 Å². The van der Waals surface area contributed by atoms with Crippen molar-refractivity contribution in [2.45, 2.75) is 19.8 Å². The molecule has 2 heterocycles. The van der Waals surface area contributed by atoms with Gasteiger partial charge < -0.3 is 20.1 Å². The van der Waals surface area contributed by atoms with Crippen molar-refractivity contribution in [1.82, 2.24) is 4.98 Å². The minimum absolute atomic E-state index is 0.0124. The maximum Gasteiger partial charge on any atom is 0.310 e. The zero-order valence-corrected chi connectivity index (χ0v) is 15.4. The number of ether oxygens (including phenoxy) is 2. The third kappa shape index (κ3) is 4.55. The van der Waals surface area contributed by atoms with Crippen LogP contribution in [0, 0.1) is 11.3 Å². The molecule has 1 unspecified atom stereocenters. The molecular weight excluding hydrogens is 344 g/mol. The van der Waals surface area contributed by atoms with Gasteiger partial charge in [0.1, 0.15) is 17.3 Å². The van der Waals surface area contributed by atoms with Crippen LogP contribution < -0.4 is 15.4 Å². The summed E-state index contributed by atoms with van der Waals surface area (Å²) in [6, 6.07) is 10.8. The molecule has 1 aromatic heterocycles. The van der Waals surface area contributed by atoms with E-state index in [2.05, 4.69) is 9.88 Å². The smallest absolute Gasteiger partial charge is 0.310 e. The summed E-state index contributed by atoms with van der Waals surface area (Å²) in [5.74, 6) is 0.824. The highest BCUT2D eigenvalue weighted by Crippen LogP contribution is 2.33. The molecule has 7 nitrogen and oxygen atoms in total. The highest BCUT2D eigenvalue weighted by atomic mass is 16.5. The highest BCUT2D eigenvalue weighted by molar-refractivity contribution is 5.94. The Morgan fingerprint density at radius 1 is 1.33 bits per heavy atom. The van der Waals surface area contributed by atoms with E-state index in [0.29, 0.717) is 30.3 Å². The van der Waals surface area contributed by atoms with E-state index in [1.807, 2.05) is 19.1 Å². The number of aromatic nitrogens is 1. The van der Waals surface area contributed by atoms with Crippen LogP contribution >= 0.6 is 0 Å². The number of hydrogen-bond acceptors (Lipinski definition) is 6. The maximum atomic E-state index is 12.1. The standard InChI is InChI=1S/C20H24N4O3/c1-2-26-20(25)15-5-4-12-24(13-15)17-6-3-11-23-19(17)27-16-9-7-14(8-10-16)18(21)22/h3,6-11,15H,2,4-5,12-13H2,1H3,(H3,21,22). The molecule has 1 aliphatic rings. The van der Waals surface area contributed by atoms with Crippen LogP contribution in [0.25, 0.3) is 0 Å². The van der Waals surface area contributed by atoms with Crippen LogP contribution in [0.3, 0.4) is 0 Å². The fraction of sp³-hybridized carbons (Fsp3) is 0.350. The summed E-state index contributed by atoms with van der Waals surface area (Å²) in [4.78, 5) is 18.6. The normalized spacial score (nSPS) is 16.6. The van der Waals surface area contributed by atoms with E-state index in [-0.39, 0.29) is 17.7 Å². The zero-order valence-electron chi connectivity index (χ0n) is 15.4. The van der Waals surface area contributed by atoms with Gasteiger partial charge in [0.15, 0.2) is 0 Å². The molecule has 0 bridgehead atoms. The van der Waals surface area contributed by atoms with Gasteiger partial charge in [-0.05, 0) is 56.2 Å². The molecule has 1 atom stereocenters. The molecule has 1 aliphatic heterocycles. The lowest BCUT2D eigenvalue weighted by molar-refractivity contribution is -0.148. The molecule has 2 aromatic rings. The molecule has 0 amide bonds. The first-order valence-corrected chi connectivity index (χ1v) is 9.07. The molecule has 0 spiro atoms. The van der Waals surface area contributed by atoms with Crippen molar-refractivity contribution in [3.63, 3.8) is 0 Å². The van der Waals surface area contributed by atoms with Crippen molar-refractivity contribution in [2.24, 2.45) is 11.7 Å². The molecule has 7 heteroatoms. The van der Waals surface area contributed by atoms with Crippen molar-refractivity contribution in [2.75, 3.05) is 24.6 Å². The van der Waals surface area contributed by atoms with E-state index in [4.69, 9.17) is 20.6 Å². The molecule has 1 fully saturated rings. The lowest BCUT2D eigenvalue weighted by Gasteiger charge is -2.33. The molecule has 0 aliphatic carbocycles. The molecule has 1 aromatic carbocycles. The van der Waals surface area contributed by atoms with Gasteiger partial charge in [-0.15, -0.1) is 0 Å². The molecule has 1 saturated heterocycles. The summed E-state index contributed by atoms with van der Waals surface area (Å²) in [6.07, 6.45) is 3.42. The predicted octanol–water partition coefficient (Wildman–Crippen LogP) is 2.94. The third-order valence-corrected chi connectivity index (χ3v) is 4.51. The minimum atomic E-state index is -0.145. The van der Waals surface area contributed by atoms with Crippen molar-refractivity contribution in [3.8, 4) is 11.6 Å². The van der Waals surface area contributed by atoms with E-state index < -0.39 is 0 Å². The Kier molecular flexibility index (Phi) is 5.90. The van der Waals surface area contributed by atoms with Gasteiger partial charge in [0.25, 0.3) is 0 Å². The number of benzene rings is 1. The number of esters is 1. The molecule has 0 saturated carbocycles. The number of rotatable bonds is 6. The van der Waals surface area contributed by atoms with Crippen LogP contribution in [0.1, 0.15) is 25.3 Å². The number of piperidine rings is 1. The van der Waals surface area contributed by atoms with Gasteiger partial charge in [-0.3, -0.25) is 10.2 Å². The first-order valence-electron chi connectivity index (χ1n) is 9.07. The molecule has 142 valence electrons. The number of nitrogens with zero attached hydrogens (tertiary/aromatic N) is 2. The lowest BCUT2D eigenvalue weighted by atomic mass is 9.98. The van der Waals surface area contributed by atoms with E-state index in [9.17, 15) is 4.79 Å². The van der Waals surface area contributed by atoms with Gasteiger partial charge in [0.2, 0.25) is 5.88 Å². The second-order valence-electron chi connectivity index (χ2n) is 6.41. The van der Waals surface area contributed by atoms with E-state index in [1.54, 1.807) is 30.5 Å². The Bertz CT molecular complexity index is 807. The average Bonchev–Trinajstić information content (AvgIpc) is 2.69. The Labute approximate surface area is 158 Å². The third-order valence-electron chi connectivity index (χ3n) is 4.51. The first-order chi connectivity index (χ1) is 13.1. The fourth-order valence-corrected chi connectivity index (χ4v) is 3.16. The quantitative estimate of drug-likeness (QED) is 0.462. The summed E-state index contributed by atoms with van der Waals surface area (Å²) in [7, 11) is 0. The van der Waals surface area contributed by atoms with Gasteiger partial charge in [0.05, 0.1) is 12.5 Å². The van der Waals surface area contributed by atoms with E-state index >= 15 is 0 Å². The van der Waals surface area contributed by atoms with Crippen LogP contribution in [-0.2, 0) is 9.53 Å². The van der Waals surface area contributed by atoms with Crippen molar-refractivity contribution in [1.29, 1.82) is 5.41 Å². The van der Waals surface area contributed by atoms with Crippen molar-refractivity contribution >= 4 is 17.5 Å². The zero-order chi connectivity index (χ0) is 19.2. The van der Waals surface area contributed by atoms with Crippen molar-refractivity contribution in [3.05, 3.63) is 48.2 Å². The summed E-state index contributed by atoms with van der Waals surface area (Å²) in [5.41, 5.74) is 6.97. The largest absolute Gasteiger partial charge is 0.466 e. The Balaban J connectivity index is 1.77. The molecule has 27 heavy (non-hydrogen) atoms. The second kappa shape index (κ2) is 8.53. The first kappa shape index (κ1) is 18.7. The van der Waals surface area contributed by atoms with Crippen LogP contribution in [0.4, 0.5) is 5.69 Å². The number of nitrogens with two attached hydrogens (primary N) is 1. The van der Waals surface area contributed by atoms with Gasteiger partial charge in [0, 0.05) is 24.8 Å². The van der Waals surface area contributed by atoms with Gasteiger partial charge in [-0.1, -0.05) is 0 Å². The Morgan fingerprint density at radius 3 is 2.81 bits per heavy atom. The topological polar surface area (TPSA) is 102 Å². The van der Waals surface area contributed by atoms with Gasteiger partial charge in [-0.25, -0.2) is 4.98 Å². The fourth-order valence-electron chi connectivity index (χ4n) is 3.16. The minimum Gasteiger partial charge on any atom is -0.466 e. The number of amidine groups is 1. The SMILES string of the molecule is CCOC(=O)C1CCCN(c2cccnc2Oc2ccc(C(=N)N)cc2)C1. The lowest BCUT2D eigenvalue weighted by Crippen LogP contribution is -2.39. The van der Waals surface area contributed by atoms with E-state index in [1.165, 1.54) is 0 Å². The van der Waals surface area contributed by atoms with Gasteiger partial charge >= 0.3 is 5.97 Å². The van der Waals surface area contributed by atoms with Crippen LogP contribution in [-0.4, -0.2) is 36.5 Å². The summed E-state index contributed by atoms with van der Waals surface area (Å²) < 4.78 is 11.1. The molecular formula is C20H24N4O3. The second-order valence-corrected chi connectivity index (χ2v) is 6.41. The van der Waals surface area contributed by atoms with Crippen molar-refractivity contribution < 1.29 is 14.3 Å². The highest BCUT2D eigenvalue weighted by Gasteiger charge is 2.28. The monoisotopic (exact) mass is 368 g/mol. The summed E-state index contributed by atoms with van der Waals surface area (Å²) >= 11 is 0. The van der Waals surface area contributed by atoms with Crippen LogP contribution in [0.5, 0.6) is 11.6 Å². The predicted molar refractivity (Wildman–Crippen MR) is 103 cm³/mol. The number of carbonyl (C=O) groups is 1. The number of nitrogens with one attached hydrogen (secondary N) is 1. The molecule has 0 radical (unpaired) electrons. The van der Waals surface area contributed by atoms with E-state index in [0.717, 1.165) is 25.1 Å². The maximum absolute atomic E-state index is 12.1.